The summed E-state index contributed by atoms with van der Waals surface area (Å²) in [6.45, 7) is 21.0. The molecule has 0 aliphatic heterocycles. The molecular weight excluding hydrogens is 631 g/mol. The molecule has 2 aliphatic carbocycles. The standard InChI is InChI=1S/C36H17N5S4/c1-16(2)15-41-29-27-23-17-9-5-7-11-21(17)42-31(23)25(19(13-37)39-3)33(27)44-35(29)36-30(41)28-24-18-10-6-8-12-22(18)43-32(24)26(34(28)45-36)20(14-38)40-4/h5-12,16H,15H2,1-2H3/b25-19-,26-20+. The fourth-order valence-electron chi connectivity index (χ4n) is 6.99. The monoisotopic (exact) mass is 647 g/mol. The number of nitrogens with zero attached hydrogens (tertiary/aromatic N) is 5. The number of rotatable bonds is 2. The van der Waals surface area contributed by atoms with E-state index in [-0.39, 0.29) is 11.4 Å². The van der Waals surface area contributed by atoms with Gasteiger partial charge in [-0.25, -0.2) is 20.2 Å². The molecule has 0 unspecified atom stereocenters. The van der Waals surface area contributed by atoms with Gasteiger partial charge in [0, 0.05) is 79.6 Å². The highest BCUT2D eigenvalue weighted by Crippen LogP contribution is 2.64. The van der Waals surface area contributed by atoms with Crippen molar-refractivity contribution in [2.45, 2.75) is 20.4 Å². The van der Waals surface area contributed by atoms with Crippen molar-refractivity contribution in [2.24, 2.45) is 5.92 Å². The molecule has 0 fully saturated rings. The molecule has 5 heterocycles. The number of nitriles is 2. The zero-order valence-electron chi connectivity index (χ0n) is 23.8. The van der Waals surface area contributed by atoms with Crippen LogP contribution in [-0.4, -0.2) is 4.57 Å². The number of allylic oxidation sites excluding steroid dienone is 2. The van der Waals surface area contributed by atoms with E-state index in [1.165, 1.54) is 0 Å². The van der Waals surface area contributed by atoms with Gasteiger partial charge in [-0.1, -0.05) is 50.2 Å². The first-order chi connectivity index (χ1) is 22.0. The third-order valence-electron chi connectivity index (χ3n) is 8.57. The highest BCUT2D eigenvalue weighted by Gasteiger charge is 2.40. The van der Waals surface area contributed by atoms with Crippen LogP contribution in [0.4, 0.5) is 0 Å². The average molecular weight is 648 g/mol. The van der Waals surface area contributed by atoms with E-state index in [0.717, 1.165) is 100 Å². The van der Waals surface area contributed by atoms with Gasteiger partial charge in [0.15, 0.2) is 0 Å². The number of thiophene rings is 4. The van der Waals surface area contributed by atoms with Crippen molar-refractivity contribution in [3.8, 4) is 34.4 Å². The Bertz CT molecular complexity index is 2540. The summed E-state index contributed by atoms with van der Waals surface area (Å²) in [4.78, 5) is 11.4. The van der Waals surface area contributed by atoms with Crippen LogP contribution in [0.15, 0.2) is 59.9 Å². The Balaban J connectivity index is 1.50. The molecule has 2 aromatic carbocycles. The second-order valence-electron chi connectivity index (χ2n) is 11.5. The van der Waals surface area contributed by atoms with Crippen LogP contribution in [0.5, 0.6) is 0 Å². The maximum atomic E-state index is 10.1. The van der Waals surface area contributed by atoms with Gasteiger partial charge in [-0.3, -0.25) is 0 Å². The lowest BCUT2D eigenvalue weighted by Gasteiger charge is -2.12. The Hall–Kier alpha value is -5.00. The molecule has 0 saturated heterocycles. The van der Waals surface area contributed by atoms with E-state index in [1.807, 2.05) is 12.1 Å². The normalized spacial score (nSPS) is 15.2. The fourth-order valence-corrected chi connectivity index (χ4v) is 12.5. The summed E-state index contributed by atoms with van der Waals surface area (Å²) in [6, 6.07) is 21.1. The predicted octanol–water partition coefficient (Wildman–Crippen LogP) is 11.4. The van der Waals surface area contributed by atoms with E-state index in [1.54, 1.807) is 45.3 Å². The Morgan fingerprint density at radius 3 is 1.51 bits per heavy atom. The molecule has 5 nitrogen and oxygen atoms in total. The molecule has 0 spiro atoms. The van der Waals surface area contributed by atoms with E-state index >= 15 is 0 Å². The first-order valence-corrected chi connectivity index (χ1v) is 17.5. The van der Waals surface area contributed by atoms with Crippen LogP contribution < -0.4 is 0 Å². The molecule has 210 valence electrons. The molecule has 0 saturated carbocycles. The minimum atomic E-state index is 0.126. The highest BCUT2D eigenvalue weighted by molar-refractivity contribution is 7.30. The molecule has 45 heavy (non-hydrogen) atoms. The minimum absolute atomic E-state index is 0.126. The molecule has 0 radical (unpaired) electrons. The predicted molar refractivity (Wildman–Crippen MR) is 188 cm³/mol. The van der Waals surface area contributed by atoms with Crippen molar-refractivity contribution < 1.29 is 0 Å². The average Bonchev–Trinajstić information content (AvgIpc) is 3.87. The Labute approximate surface area is 273 Å². The van der Waals surface area contributed by atoms with Crippen molar-refractivity contribution in [2.75, 3.05) is 0 Å². The van der Waals surface area contributed by atoms with Gasteiger partial charge < -0.3 is 4.57 Å². The Morgan fingerprint density at radius 2 is 1.11 bits per heavy atom. The van der Waals surface area contributed by atoms with Crippen LogP contribution in [0.1, 0.15) is 33.4 Å². The topological polar surface area (TPSA) is 61.2 Å². The lowest BCUT2D eigenvalue weighted by atomic mass is 10.1. The summed E-state index contributed by atoms with van der Waals surface area (Å²) in [6.07, 6.45) is 0. The lowest BCUT2D eigenvalue weighted by molar-refractivity contribution is 0.546. The largest absolute Gasteiger partial charge is 0.338 e. The van der Waals surface area contributed by atoms with Gasteiger partial charge in [-0.2, -0.15) is 0 Å². The molecule has 0 bridgehead atoms. The first kappa shape index (κ1) is 26.4. The SMILES string of the molecule is [C-]#[N+]/C(C#N)=C1/c2sc3ccccc3c2-c2c1sc1c3sc4c(c3n(CC(C)C)c21)-c1c(sc2ccccc12)/C4=C(/C#N)[N+]#[C-]. The number of aromatic nitrogens is 1. The van der Waals surface area contributed by atoms with Crippen LogP contribution in [0, 0.1) is 41.7 Å². The van der Waals surface area contributed by atoms with Crippen LogP contribution in [0.3, 0.4) is 0 Å². The summed E-state index contributed by atoms with van der Waals surface area (Å²) in [5.74, 6) is 0.343. The van der Waals surface area contributed by atoms with Crippen LogP contribution in [0.2, 0.25) is 0 Å². The van der Waals surface area contributed by atoms with Gasteiger partial charge in [0.2, 0.25) is 0 Å². The van der Waals surface area contributed by atoms with E-state index in [0.29, 0.717) is 5.92 Å². The molecule has 7 aromatic rings. The van der Waals surface area contributed by atoms with E-state index in [9.17, 15) is 10.5 Å². The number of hydrogen-bond donors (Lipinski definition) is 0. The molecule has 5 aromatic heterocycles. The third-order valence-corrected chi connectivity index (χ3v) is 13.5. The zero-order valence-corrected chi connectivity index (χ0v) is 27.0. The Kier molecular flexibility index (Phi) is 5.43. The number of benzene rings is 2. The van der Waals surface area contributed by atoms with Crippen LogP contribution in [0.25, 0.3) is 83.7 Å². The van der Waals surface area contributed by atoms with Gasteiger partial charge in [-0.15, -0.1) is 45.3 Å². The van der Waals surface area contributed by atoms with Crippen molar-refractivity contribution in [3.05, 3.63) is 102 Å². The van der Waals surface area contributed by atoms with Gasteiger partial charge >= 0.3 is 0 Å². The van der Waals surface area contributed by atoms with Gasteiger partial charge in [0.05, 0.1) is 45.7 Å². The summed E-state index contributed by atoms with van der Waals surface area (Å²) < 4.78 is 7.02. The highest BCUT2D eigenvalue weighted by atomic mass is 32.1. The van der Waals surface area contributed by atoms with Gasteiger partial charge in [-0.05, 0) is 18.1 Å². The molecular formula is C36H17N5S4. The zero-order chi connectivity index (χ0) is 30.7. The number of hydrogen-bond acceptors (Lipinski definition) is 6. The second-order valence-corrected chi connectivity index (χ2v) is 15.6. The molecule has 0 N–H and O–H groups in total. The number of fused-ring (bicyclic) bond motifs is 15. The van der Waals surface area contributed by atoms with Crippen LogP contribution >= 0.6 is 45.3 Å². The third kappa shape index (κ3) is 3.21. The second kappa shape index (κ2) is 9.26. The maximum absolute atomic E-state index is 10.1. The van der Waals surface area contributed by atoms with Crippen LogP contribution in [-0.2, 0) is 6.54 Å². The van der Waals surface area contributed by atoms with Crippen molar-refractivity contribution in [3.63, 3.8) is 0 Å². The fraction of sp³-hybridized carbons (Fsp3) is 0.111. The van der Waals surface area contributed by atoms with Gasteiger partial charge in [0.25, 0.3) is 11.4 Å². The molecule has 0 amide bonds. The first-order valence-electron chi connectivity index (χ1n) is 14.2. The van der Waals surface area contributed by atoms with E-state index in [4.69, 9.17) is 13.1 Å². The maximum Gasteiger partial charge on any atom is 0.271 e. The Morgan fingerprint density at radius 1 is 0.689 bits per heavy atom. The lowest BCUT2D eigenvalue weighted by Crippen LogP contribution is -2.04. The molecule has 2 aliphatic rings. The minimum Gasteiger partial charge on any atom is -0.338 e. The van der Waals surface area contributed by atoms with Crippen molar-refractivity contribution in [1.82, 2.24) is 4.57 Å². The smallest absolute Gasteiger partial charge is 0.271 e. The van der Waals surface area contributed by atoms with E-state index in [2.05, 4.69) is 76.6 Å². The van der Waals surface area contributed by atoms with Crippen molar-refractivity contribution in [1.29, 1.82) is 10.5 Å². The molecule has 9 rings (SSSR count). The quantitative estimate of drug-likeness (QED) is 0.138. The van der Waals surface area contributed by atoms with Gasteiger partial charge in [0.1, 0.15) is 0 Å². The summed E-state index contributed by atoms with van der Waals surface area (Å²) in [7, 11) is 0. The summed E-state index contributed by atoms with van der Waals surface area (Å²) in [5.41, 5.74) is 8.54. The molecule has 9 heteroatoms. The summed E-state index contributed by atoms with van der Waals surface area (Å²) >= 11 is 6.66. The van der Waals surface area contributed by atoms with Crippen molar-refractivity contribution >= 4 is 97.1 Å². The summed E-state index contributed by atoms with van der Waals surface area (Å²) in [5, 5.41) is 22.5. The van der Waals surface area contributed by atoms with E-state index < -0.39 is 0 Å². The molecule has 0 atom stereocenters.